The summed E-state index contributed by atoms with van der Waals surface area (Å²) in [4.78, 5) is 18.6. The monoisotopic (exact) mass is 282 g/mol. The van der Waals surface area contributed by atoms with E-state index in [9.17, 15) is 4.79 Å². The molecule has 0 aliphatic rings. The molecule has 1 heterocycles. The molecule has 2 rings (SSSR count). The molecule has 0 radical (unpaired) electrons. The zero-order chi connectivity index (χ0) is 15.1. The molecule has 4 heteroatoms. The van der Waals surface area contributed by atoms with Gasteiger partial charge in [-0.05, 0) is 31.2 Å². The van der Waals surface area contributed by atoms with Crippen LogP contribution in [0.25, 0.3) is 0 Å². The molecule has 108 valence electrons. The molecule has 1 aromatic heterocycles. The molecule has 0 unspecified atom stereocenters. The van der Waals surface area contributed by atoms with Crippen LogP contribution >= 0.6 is 0 Å². The van der Waals surface area contributed by atoms with E-state index in [1.54, 1.807) is 29.3 Å². The third-order valence-electron chi connectivity index (χ3n) is 2.91. The second kappa shape index (κ2) is 7.24. The maximum absolute atomic E-state index is 12.8. The van der Waals surface area contributed by atoms with Crippen molar-refractivity contribution in [3.63, 3.8) is 0 Å². The van der Waals surface area contributed by atoms with Crippen molar-refractivity contribution >= 4 is 11.6 Å². The summed E-state index contributed by atoms with van der Waals surface area (Å²) in [7, 11) is 0. The minimum atomic E-state index is -0.155. The van der Waals surface area contributed by atoms with Crippen LogP contribution < -0.4 is 9.64 Å². The van der Waals surface area contributed by atoms with Crippen LogP contribution in [0.2, 0.25) is 0 Å². The minimum Gasteiger partial charge on any atom is -0.477 e. The maximum Gasteiger partial charge on any atom is 0.264 e. The van der Waals surface area contributed by atoms with Gasteiger partial charge in [0.2, 0.25) is 5.88 Å². The number of carbonyl (C=O) groups is 1. The number of carbonyl (C=O) groups excluding carboxylic acids is 1. The first-order valence-corrected chi connectivity index (χ1v) is 6.83. The number of anilines is 1. The van der Waals surface area contributed by atoms with E-state index in [1.807, 2.05) is 37.3 Å². The smallest absolute Gasteiger partial charge is 0.264 e. The number of amides is 1. The third-order valence-corrected chi connectivity index (χ3v) is 2.91. The predicted octanol–water partition coefficient (Wildman–Crippen LogP) is 3.31. The summed E-state index contributed by atoms with van der Waals surface area (Å²) in [6, 6.07) is 12.9. The third kappa shape index (κ3) is 3.48. The van der Waals surface area contributed by atoms with Gasteiger partial charge in [0.15, 0.2) is 0 Å². The van der Waals surface area contributed by atoms with Crippen molar-refractivity contribution in [2.75, 3.05) is 18.1 Å². The van der Waals surface area contributed by atoms with E-state index >= 15 is 0 Å². The molecule has 0 saturated carbocycles. The van der Waals surface area contributed by atoms with Crippen LogP contribution in [0, 0.1) is 0 Å². The Morgan fingerprint density at radius 1 is 1.29 bits per heavy atom. The Balaban J connectivity index is 2.37. The highest BCUT2D eigenvalue weighted by atomic mass is 16.5. The van der Waals surface area contributed by atoms with Gasteiger partial charge >= 0.3 is 0 Å². The lowest BCUT2D eigenvalue weighted by molar-refractivity contribution is 0.0985. The van der Waals surface area contributed by atoms with Gasteiger partial charge in [0.05, 0.1) is 6.61 Å². The molecule has 0 spiro atoms. The topological polar surface area (TPSA) is 42.4 Å². The Morgan fingerprint density at radius 3 is 2.71 bits per heavy atom. The largest absolute Gasteiger partial charge is 0.477 e. The lowest BCUT2D eigenvalue weighted by atomic mass is 10.2. The molecule has 21 heavy (non-hydrogen) atoms. The molecule has 0 saturated heterocycles. The Morgan fingerprint density at radius 2 is 2.05 bits per heavy atom. The number of nitrogens with zero attached hydrogens (tertiary/aromatic N) is 2. The van der Waals surface area contributed by atoms with Gasteiger partial charge < -0.3 is 9.64 Å². The second-order valence-corrected chi connectivity index (χ2v) is 4.33. The van der Waals surface area contributed by atoms with E-state index in [2.05, 4.69) is 11.6 Å². The van der Waals surface area contributed by atoms with Crippen molar-refractivity contribution in [2.45, 2.75) is 6.92 Å². The summed E-state index contributed by atoms with van der Waals surface area (Å²) in [6.07, 6.45) is 3.31. The Labute approximate surface area is 124 Å². The van der Waals surface area contributed by atoms with Crippen LogP contribution in [-0.4, -0.2) is 24.0 Å². The number of ether oxygens (including phenoxy) is 1. The van der Waals surface area contributed by atoms with E-state index in [4.69, 9.17) is 4.74 Å². The molecule has 0 fully saturated rings. The van der Waals surface area contributed by atoms with Crippen molar-refractivity contribution < 1.29 is 9.53 Å². The van der Waals surface area contributed by atoms with Crippen molar-refractivity contribution in [1.82, 2.24) is 4.98 Å². The molecule has 0 bridgehead atoms. The van der Waals surface area contributed by atoms with Gasteiger partial charge in [0.1, 0.15) is 5.56 Å². The van der Waals surface area contributed by atoms with Crippen LogP contribution in [0.4, 0.5) is 5.69 Å². The highest BCUT2D eigenvalue weighted by Crippen LogP contribution is 2.21. The van der Waals surface area contributed by atoms with Crippen LogP contribution in [-0.2, 0) is 0 Å². The lowest BCUT2D eigenvalue weighted by Gasteiger charge is -2.22. The van der Waals surface area contributed by atoms with E-state index in [0.717, 1.165) is 5.69 Å². The zero-order valence-corrected chi connectivity index (χ0v) is 12.0. The van der Waals surface area contributed by atoms with E-state index in [-0.39, 0.29) is 5.91 Å². The molecule has 2 aromatic rings. The molecule has 1 aromatic carbocycles. The summed E-state index contributed by atoms with van der Waals surface area (Å²) in [5.74, 6) is 0.202. The van der Waals surface area contributed by atoms with Crippen molar-refractivity contribution in [2.24, 2.45) is 0 Å². The van der Waals surface area contributed by atoms with Crippen molar-refractivity contribution in [3.8, 4) is 5.88 Å². The fraction of sp³-hybridized carbons (Fsp3) is 0.176. The number of para-hydroxylation sites is 1. The van der Waals surface area contributed by atoms with Crippen LogP contribution in [0.15, 0.2) is 61.3 Å². The van der Waals surface area contributed by atoms with Gasteiger partial charge in [-0.3, -0.25) is 4.79 Å². The number of benzene rings is 1. The normalized spacial score (nSPS) is 9.95. The number of hydrogen-bond acceptors (Lipinski definition) is 3. The van der Waals surface area contributed by atoms with Gasteiger partial charge in [-0.25, -0.2) is 4.98 Å². The summed E-state index contributed by atoms with van der Waals surface area (Å²) >= 11 is 0. The number of aromatic nitrogens is 1. The Bertz CT molecular complexity index is 611. The summed E-state index contributed by atoms with van der Waals surface area (Å²) in [5.41, 5.74) is 1.26. The molecular formula is C17H18N2O2. The fourth-order valence-corrected chi connectivity index (χ4v) is 1.99. The Hall–Kier alpha value is -2.62. The standard InChI is InChI=1S/C17H18N2O2/c1-3-13-19(14-9-6-5-7-10-14)17(20)15-11-8-12-18-16(15)21-4-2/h3,5-12H,1,4,13H2,2H3. The second-order valence-electron chi connectivity index (χ2n) is 4.33. The molecular weight excluding hydrogens is 264 g/mol. The molecule has 0 aliphatic carbocycles. The maximum atomic E-state index is 12.8. The zero-order valence-electron chi connectivity index (χ0n) is 12.0. The van der Waals surface area contributed by atoms with Gasteiger partial charge in [-0.15, -0.1) is 6.58 Å². The number of hydrogen-bond donors (Lipinski definition) is 0. The van der Waals surface area contributed by atoms with Gasteiger partial charge in [0.25, 0.3) is 5.91 Å². The molecule has 1 amide bonds. The number of pyridine rings is 1. The lowest BCUT2D eigenvalue weighted by Crippen LogP contribution is -2.31. The van der Waals surface area contributed by atoms with Crippen LogP contribution in [0.5, 0.6) is 5.88 Å². The van der Waals surface area contributed by atoms with E-state index < -0.39 is 0 Å². The van der Waals surface area contributed by atoms with E-state index in [1.165, 1.54) is 0 Å². The highest BCUT2D eigenvalue weighted by Gasteiger charge is 2.20. The SMILES string of the molecule is C=CCN(C(=O)c1cccnc1OCC)c1ccccc1. The molecule has 4 nitrogen and oxygen atoms in total. The number of rotatable bonds is 6. The fourth-order valence-electron chi connectivity index (χ4n) is 1.99. The van der Waals surface area contributed by atoms with Gasteiger partial charge in [-0.2, -0.15) is 0 Å². The van der Waals surface area contributed by atoms with Gasteiger partial charge in [-0.1, -0.05) is 24.3 Å². The average molecular weight is 282 g/mol. The first-order valence-electron chi connectivity index (χ1n) is 6.83. The van der Waals surface area contributed by atoms with Gasteiger partial charge in [0, 0.05) is 18.4 Å². The summed E-state index contributed by atoms with van der Waals surface area (Å²) in [6.45, 7) is 6.47. The highest BCUT2D eigenvalue weighted by molar-refractivity contribution is 6.07. The first kappa shape index (κ1) is 14.8. The predicted molar refractivity (Wildman–Crippen MR) is 83.7 cm³/mol. The molecule has 0 N–H and O–H groups in total. The Kier molecular flexibility index (Phi) is 5.10. The van der Waals surface area contributed by atoms with E-state index in [0.29, 0.717) is 24.6 Å². The quantitative estimate of drug-likeness (QED) is 0.763. The summed E-state index contributed by atoms with van der Waals surface area (Å²) in [5, 5.41) is 0. The van der Waals surface area contributed by atoms with Crippen molar-refractivity contribution in [1.29, 1.82) is 0 Å². The first-order chi connectivity index (χ1) is 10.3. The summed E-state index contributed by atoms with van der Waals surface area (Å²) < 4.78 is 5.44. The van der Waals surface area contributed by atoms with Crippen LogP contribution in [0.3, 0.4) is 0 Å². The average Bonchev–Trinajstić information content (AvgIpc) is 2.54. The minimum absolute atomic E-state index is 0.155. The molecule has 0 atom stereocenters. The van der Waals surface area contributed by atoms with Crippen LogP contribution in [0.1, 0.15) is 17.3 Å². The molecule has 0 aliphatic heterocycles. The van der Waals surface area contributed by atoms with Crippen molar-refractivity contribution in [3.05, 3.63) is 66.9 Å².